The van der Waals surface area contributed by atoms with Gasteiger partial charge < -0.3 is 25.1 Å². The Bertz CT molecular complexity index is 572. The second-order valence-corrected chi connectivity index (χ2v) is 5.35. The number of ether oxygens (including phenoxy) is 3. The minimum atomic E-state index is -0.782. The molecule has 4 atom stereocenters. The molecule has 3 rings (SSSR count). The summed E-state index contributed by atoms with van der Waals surface area (Å²) in [5.41, 5.74) is 4.94. The molecular formula is C12H17N3O5. The summed E-state index contributed by atoms with van der Waals surface area (Å²) in [6, 6.07) is 1.51. The van der Waals surface area contributed by atoms with Crippen molar-refractivity contribution in [3.63, 3.8) is 0 Å². The maximum Gasteiger partial charge on any atom is 0.351 e. The number of nitrogens with two attached hydrogens (primary N) is 1. The number of hydrogen-bond acceptors (Lipinski definition) is 7. The molecule has 2 aliphatic heterocycles. The lowest BCUT2D eigenvalue weighted by atomic mass is 10.1. The van der Waals surface area contributed by atoms with E-state index in [9.17, 15) is 9.90 Å². The quantitative estimate of drug-likeness (QED) is 0.734. The summed E-state index contributed by atoms with van der Waals surface area (Å²) in [5, 5.41) is 9.38. The van der Waals surface area contributed by atoms with Gasteiger partial charge >= 0.3 is 5.69 Å². The molecule has 1 aromatic rings. The standard InChI is InChI=1S/C12H17N3O5/c1-12(2)19-8-6(5-16)18-10(9(8)20-12)15-4-3-7(13)14-11(15)17/h3-4,6,8-10,16H,5H2,1-2H3,(H2,13,14,17)/t6-,8+,9+,10+/m0/s1. The molecule has 8 heteroatoms. The Labute approximate surface area is 115 Å². The summed E-state index contributed by atoms with van der Waals surface area (Å²) in [4.78, 5) is 15.6. The van der Waals surface area contributed by atoms with Gasteiger partial charge in [-0.15, -0.1) is 0 Å². The number of hydrogen-bond donors (Lipinski definition) is 2. The number of aliphatic hydroxyl groups excluding tert-OH is 1. The predicted molar refractivity (Wildman–Crippen MR) is 67.7 cm³/mol. The van der Waals surface area contributed by atoms with Gasteiger partial charge in [-0.2, -0.15) is 4.98 Å². The van der Waals surface area contributed by atoms with Crippen LogP contribution in [0.3, 0.4) is 0 Å². The monoisotopic (exact) mass is 283 g/mol. The van der Waals surface area contributed by atoms with Crippen molar-refractivity contribution >= 4 is 5.82 Å². The Balaban J connectivity index is 1.96. The SMILES string of the molecule is CC1(C)O[C@@H]2[C@H](O1)[C@H](CO)O[C@H]2n1ccc(N)nc1=O. The van der Waals surface area contributed by atoms with E-state index < -0.39 is 36.0 Å². The summed E-state index contributed by atoms with van der Waals surface area (Å²) in [6.07, 6.45) is -0.647. The maximum absolute atomic E-state index is 11.9. The summed E-state index contributed by atoms with van der Waals surface area (Å²) < 4.78 is 18.5. The van der Waals surface area contributed by atoms with Crippen molar-refractivity contribution in [3.05, 3.63) is 22.7 Å². The van der Waals surface area contributed by atoms with E-state index in [0.717, 1.165) is 0 Å². The second kappa shape index (κ2) is 4.52. The average Bonchev–Trinajstić information content (AvgIpc) is 2.83. The largest absolute Gasteiger partial charge is 0.394 e. The number of nitrogens with zero attached hydrogens (tertiary/aromatic N) is 2. The second-order valence-electron chi connectivity index (χ2n) is 5.35. The van der Waals surface area contributed by atoms with Crippen molar-refractivity contribution in [2.75, 3.05) is 12.3 Å². The molecule has 2 saturated heterocycles. The fourth-order valence-electron chi connectivity index (χ4n) is 2.65. The molecule has 0 radical (unpaired) electrons. The molecule has 0 spiro atoms. The smallest absolute Gasteiger partial charge is 0.351 e. The Morgan fingerprint density at radius 2 is 2.15 bits per heavy atom. The van der Waals surface area contributed by atoms with Crippen molar-refractivity contribution in [1.82, 2.24) is 9.55 Å². The number of fused-ring (bicyclic) bond motifs is 1. The van der Waals surface area contributed by atoms with Gasteiger partial charge in [0.1, 0.15) is 24.1 Å². The van der Waals surface area contributed by atoms with Gasteiger partial charge in [0.05, 0.1) is 6.61 Å². The van der Waals surface area contributed by atoms with Crippen LogP contribution in [0.2, 0.25) is 0 Å². The average molecular weight is 283 g/mol. The molecule has 3 heterocycles. The van der Waals surface area contributed by atoms with Crippen molar-refractivity contribution in [2.45, 2.75) is 44.2 Å². The van der Waals surface area contributed by atoms with Crippen molar-refractivity contribution < 1.29 is 19.3 Å². The molecule has 0 unspecified atom stereocenters. The first-order valence-corrected chi connectivity index (χ1v) is 6.38. The highest BCUT2D eigenvalue weighted by Crippen LogP contribution is 2.42. The molecule has 0 aliphatic carbocycles. The van der Waals surface area contributed by atoms with Crippen LogP contribution < -0.4 is 11.4 Å². The molecular weight excluding hydrogens is 266 g/mol. The highest BCUT2D eigenvalue weighted by Gasteiger charge is 2.55. The van der Waals surface area contributed by atoms with E-state index >= 15 is 0 Å². The Morgan fingerprint density at radius 3 is 2.80 bits per heavy atom. The van der Waals surface area contributed by atoms with E-state index in [1.165, 1.54) is 16.8 Å². The van der Waals surface area contributed by atoms with Gasteiger partial charge in [-0.3, -0.25) is 4.57 Å². The van der Waals surface area contributed by atoms with Crippen LogP contribution in [0.1, 0.15) is 20.1 Å². The predicted octanol–water partition coefficient (Wildman–Crippen LogP) is -0.765. The van der Waals surface area contributed by atoms with E-state index in [0.29, 0.717) is 0 Å². The van der Waals surface area contributed by atoms with Gasteiger partial charge in [0.15, 0.2) is 12.0 Å². The molecule has 20 heavy (non-hydrogen) atoms. The van der Waals surface area contributed by atoms with E-state index in [1.54, 1.807) is 13.8 Å². The normalized spacial score (nSPS) is 35.1. The molecule has 1 aromatic heterocycles. The molecule has 0 amide bonds. The Kier molecular flexibility index (Phi) is 3.05. The highest BCUT2D eigenvalue weighted by atomic mass is 16.8. The van der Waals surface area contributed by atoms with Gasteiger partial charge in [0.25, 0.3) is 0 Å². The summed E-state index contributed by atoms with van der Waals surface area (Å²) in [5.74, 6) is -0.640. The van der Waals surface area contributed by atoms with Gasteiger partial charge in [0, 0.05) is 6.20 Å². The van der Waals surface area contributed by atoms with Crippen LogP contribution in [0.4, 0.5) is 5.82 Å². The highest BCUT2D eigenvalue weighted by molar-refractivity contribution is 5.23. The number of aliphatic hydroxyl groups is 1. The zero-order chi connectivity index (χ0) is 14.5. The molecule has 2 fully saturated rings. The molecule has 2 aliphatic rings. The Morgan fingerprint density at radius 1 is 1.45 bits per heavy atom. The fourth-order valence-corrected chi connectivity index (χ4v) is 2.65. The van der Waals surface area contributed by atoms with Gasteiger partial charge in [-0.25, -0.2) is 4.79 Å². The van der Waals surface area contributed by atoms with Crippen LogP contribution in [0.15, 0.2) is 17.1 Å². The fraction of sp³-hybridized carbons (Fsp3) is 0.667. The number of aromatic nitrogens is 2. The number of rotatable bonds is 2. The van der Waals surface area contributed by atoms with Crippen LogP contribution in [0.5, 0.6) is 0 Å². The molecule has 0 bridgehead atoms. The lowest BCUT2D eigenvalue weighted by Crippen LogP contribution is -2.35. The van der Waals surface area contributed by atoms with Crippen molar-refractivity contribution in [1.29, 1.82) is 0 Å². The van der Waals surface area contributed by atoms with E-state index in [-0.39, 0.29) is 12.4 Å². The van der Waals surface area contributed by atoms with Crippen LogP contribution in [0, 0.1) is 0 Å². The van der Waals surface area contributed by atoms with Crippen LogP contribution >= 0.6 is 0 Å². The first-order chi connectivity index (χ1) is 9.41. The van der Waals surface area contributed by atoms with Gasteiger partial charge in [-0.05, 0) is 19.9 Å². The summed E-state index contributed by atoms with van der Waals surface area (Å²) in [6.45, 7) is 3.34. The van der Waals surface area contributed by atoms with Crippen molar-refractivity contribution in [2.24, 2.45) is 0 Å². The summed E-state index contributed by atoms with van der Waals surface area (Å²) in [7, 11) is 0. The minimum absolute atomic E-state index is 0.142. The van der Waals surface area contributed by atoms with E-state index in [4.69, 9.17) is 19.9 Å². The number of nitrogen functional groups attached to an aromatic ring is 1. The van der Waals surface area contributed by atoms with Gasteiger partial charge in [0.2, 0.25) is 0 Å². The molecule has 8 nitrogen and oxygen atoms in total. The van der Waals surface area contributed by atoms with Crippen LogP contribution in [-0.4, -0.2) is 45.4 Å². The zero-order valence-electron chi connectivity index (χ0n) is 11.2. The molecule has 0 saturated carbocycles. The lowest BCUT2D eigenvalue weighted by molar-refractivity contribution is -0.200. The zero-order valence-corrected chi connectivity index (χ0v) is 11.2. The number of anilines is 1. The van der Waals surface area contributed by atoms with Crippen LogP contribution in [-0.2, 0) is 14.2 Å². The molecule has 3 N–H and O–H groups in total. The Hall–Kier alpha value is -1.48. The van der Waals surface area contributed by atoms with Gasteiger partial charge in [-0.1, -0.05) is 0 Å². The topological polar surface area (TPSA) is 109 Å². The maximum atomic E-state index is 11.9. The lowest BCUT2D eigenvalue weighted by Gasteiger charge is -2.24. The first-order valence-electron chi connectivity index (χ1n) is 6.38. The third-order valence-electron chi connectivity index (χ3n) is 3.43. The summed E-state index contributed by atoms with van der Waals surface area (Å²) >= 11 is 0. The van der Waals surface area contributed by atoms with E-state index in [1.807, 2.05) is 0 Å². The molecule has 0 aromatic carbocycles. The first kappa shape index (κ1) is 13.5. The van der Waals surface area contributed by atoms with E-state index in [2.05, 4.69) is 4.98 Å². The van der Waals surface area contributed by atoms with Crippen LogP contribution in [0.25, 0.3) is 0 Å². The third kappa shape index (κ3) is 2.10. The third-order valence-corrected chi connectivity index (χ3v) is 3.43. The van der Waals surface area contributed by atoms with Crippen molar-refractivity contribution in [3.8, 4) is 0 Å². The minimum Gasteiger partial charge on any atom is -0.394 e. The molecule has 110 valence electrons.